The number of aliphatic hydroxyl groups is 1. The molecule has 6 heteroatoms. The lowest BCUT2D eigenvalue weighted by Crippen LogP contribution is -2.45. The van der Waals surface area contributed by atoms with Crippen LogP contribution in [0.15, 0.2) is 24.3 Å². The number of alkyl halides is 2. The molecule has 1 aliphatic rings. The van der Waals surface area contributed by atoms with E-state index in [1.165, 1.54) is 12.1 Å². The molecule has 0 radical (unpaired) electrons. The number of halogens is 2. The summed E-state index contributed by atoms with van der Waals surface area (Å²) < 4.78 is 28.3. The molecule has 22 heavy (non-hydrogen) atoms. The van der Waals surface area contributed by atoms with E-state index in [9.17, 15) is 18.7 Å². The molecule has 0 heterocycles. The Kier molecular flexibility index (Phi) is 6.12. The van der Waals surface area contributed by atoms with Crippen molar-refractivity contribution in [1.82, 2.24) is 5.32 Å². The van der Waals surface area contributed by atoms with Crippen LogP contribution in [0.3, 0.4) is 0 Å². The molecule has 2 rings (SSSR count). The van der Waals surface area contributed by atoms with Crippen LogP contribution in [0.1, 0.15) is 37.7 Å². The Bertz CT molecular complexity index is 479. The monoisotopic (exact) mass is 313 g/mol. The van der Waals surface area contributed by atoms with Gasteiger partial charge in [0, 0.05) is 6.42 Å². The highest BCUT2D eigenvalue weighted by Crippen LogP contribution is 2.19. The van der Waals surface area contributed by atoms with Gasteiger partial charge in [-0.25, -0.2) is 0 Å². The van der Waals surface area contributed by atoms with E-state index >= 15 is 0 Å². The van der Waals surface area contributed by atoms with E-state index in [1.807, 2.05) is 0 Å². The largest absolute Gasteiger partial charge is 0.435 e. The lowest BCUT2D eigenvalue weighted by atomic mass is 9.92. The number of hydrogen-bond donors (Lipinski definition) is 2. The standard InChI is InChI=1S/C16H21F2NO3/c17-16(18)22-12-8-5-11(6-9-12)7-10-15(21)19-13-3-1-2-4-14(13)20/h5-6,8-9,13-14,16,20H,1-4,7,10H2,(H,19,21). The van der Waals surface area contributed by atoms with E-state index in [1.54, 1.807) is 12.1 Å². The van der Waals surface area contributed by atoms with Crippen LogP contribution in [-0.2, 0) is 11.2 Å². The molecule has 122 valence electrons. The van der Waals surface area contributed by atoms with Crippen LogP contribution in [0.4, 0.5) is 8.78 Å². The predicted octanol–water partition coefficient (Wildman–Crippen LogP) is 2.64. The van der Waals surface area contributed by atoms with Crippen molar-refractivity contribution in [3.63, 3.8) is 0 Å². The number of amides is 1. The molecule has 0 spiro atoms. The van der Waals surface area contributed by atoms with Gasteiger partial charge in [0.15, 0.2) is 0 Å². The van der Waals surface area contributed by atoms with Crippen LogP contribution < -0.4 is 10.1 Å². The fraction of sp³-hybridized carbons (Fsp3) is 0.562. The van der Waals surface area contributed by atoms with E-state index < -0.39 is 12.7 Å². The van der Waals surface area contributed by atoms with Crippen molar-refractivity contribution >= 4 is 5.91 Å². The molecule has 1 aliphatic carbocycles. The number of benzene rings is 1. The van der Waals surface area contributed by atoms with E-state index in [0.29, 0.717) is 12.8 Å². The Hall–Kier alpha value is -1.69. The first kappa shape index (κ1) is 16.7. The average Bonchev–Trinajstić information content (AvgIpc) is 2.48. The number of ether oxygens (including phenoxy) is 1. The van der Waals surface area contributed by atoms with E-state index in [2.05, 4.69) is 10.1 Å². The molecule has 0 aromatic heterocycles. The van der Waals surface area contributed by atoms with Gasteiger partial charge in [-0.15, -0.1) is 0 Å². The molecule has 4 nitrogen and oxygen atoms in total. The number of rotatable bonds is 6. The summed E-state index contributed by atoms with van der Waals surface area (Å²) in [5.74, 6) is 0.00684. The van der Waals surface area contributed by atoms with Crippen molar-refractivity contribution in [2.24, 2.45) is 0 Å². The highest BCUT2D eigenvalue weighted by Gasteiger charge is 2.24. The van der Waals surface area contributed by atoms with Gasteiger partial charge < -0.3 is 15.2 Å². The summed E-state index contributed by atoms with van der Waals surface area (Å²) in [7, 11) is 0. The van der Waals surface area contributed by atoms with Gasteiger partial charge in [0.2, 0.25) is 5.91 Å². The molecule has 0 saturated heterocycles. The smallest absolute Gasteiger partial charge is 0.387 e. The summed E-state index contributed by atoms with van der Waals surface area (Å²) in [4.78, 5) is 11.9. The fourth-order valence-corrected chi connectivity index (χ4v) is 2.65. The zero-order valence-electron chi connectivity index (χ0n) is 12.3. The second-order valence-electron chi connectivity index (χ2n) is 5.55. The first-order valence-corrected chi connectivity index (χ1v) is 7.56. The van der Waals surface area contributed by atoms with Gasteiger partial charge >= 0.3 is 6.61 Å². The van der Waals surface area contributed by atoms with Crippen LogP contribution in [0.2, 0.25) is 0 Å². The molecular weight excluding hydrogens is 292 g/mol. The number of hydrogen-bond acceptors (Lipinski definition) is 3. The number of carbonyl (C=O) groups excluding carboxylic acids is 1. The van der Waals surface area contributed by atoms with Crippen LogP contribution >= 0.6 is 0 Å². The highest BCUT2D eigenvalue weighted by atomic mass is 19.3. The topological polar surface area (TPSA) is 58.6 Å². The summed E-state index contributed by atoms with van der Waals surface area (Å²) in [6.45, 7) is -2.83. The first-order valence-electron chi connectivity index (χ1n) is 7.56. The van der Waals surface area contributed by atoms with Gasteiger partial charge in [-0.05, 0) is 37.0 Å². The van der Waals surface area contributed by atoms with Crippen molar-refractivity contribution in [2.45, 2.75) is 57.3 Å². The summed E-state index contributed by atoms with van der Waals surface area (Å²) in [5.41, 5.74) is 0.876. The predicted molar refractivity (Wildman–Crippen MR) is 77.8 cm³/mol. The van der Waals surface area contributed by atoms with E-state index in [-0.39, 0.29) is 17.7 Å². The van der Waals surface area contributed by atoms with Crippen LogP contribution in [0.25, 0.3) is 0 Å². The van der Waals surface area contributed by atoms with Gasteiger partial charge in [-0.2, -0.15) is 8.78 Å². The van der Waals surface area contributed by atoms with Crippen molar-refractivity contribution in [3.05, 3.63) is 29.8 Å². The van der Waals surface area contributed by atoms with E-state index in [4.69, 9.17) is 0 Å². The molecule has 1 aromatic rings. The number of aryl methyl sites for hydroxylation is 1. The molecule has 1 fully saturated rings. The fourth-order valence-electron chi connectivity index (χ4n) is 2.65. The third-order valence-corrected chi connectivity index (χ3v) is 3.87. The Labute approximate surface area is 128 Å². The maximum Gasteiger partial charge on any atom is 0.387 e. The van der Waals surface area contributed by atoms with Crippen molar-refractivity contribution in [2.75, 3.05) is 0 Å². The molecular formula is C16H21F2NO3. The minimum Gasteiger partial charge on any atom is -0.435 e. The summed E-state index contributed by atoms with van der Waals surface area (Å²) in [6.07, 6.45) is 3.93. The zero-order chi connectivity index (χ0) is 15.9. The molecule has 2 atom stereocenters. The first-order chi connectivity index (χ1) is 10.5. The van der Waals surface area contributed by atoms with Crippen molar-refractivity contribution in [3.8, 4) is 5.75 Å². The molecule has 0 aliphatic heterocycles. The Morgan fingerprint density at radius 3 is 2.59 bits per heavy atom. The maximum atomic E-state index is 12.0. The average molecular weight is 313 g/mol. The van der Waals surface area contributed by atoms with Crippen LogP contribution in [-0.4, -0.2) is 29.8 Å². The van der Waals surface area contributed by atoms with Gasteiger partial charge in [0.1, 0.15) is 5.75 Å². The quantitative estimate of drug-likeness (QED) is 0.849. The lowest BCUT2D eigenvalue weighted by molar-refractivity contribution is -0.123. The van der Waals surface area contributed by atoms with Gasteiger partial charge in [-0.3, -0.25) is 4.79 Å². The van der Waals surface area contributed by atoms with Crippen LogP contribution in [0, 0.1) is 0 Å². The van der Waals surface area contributed by atoms with Gasteiger partial charge in [-0.1, -0.05) is 25.0 Å². The molecule has 1 aromatic carbocycles. The van der Waals surface area contributed by atoms with E-state index in [0.717, 1.165) is 31.2 Å². The zero-order valence-corrected chi connectivity index (χ0v) is 12.3. The minimum atomic E-state index is -2.83. The Morgan fingerprint density at radius 1 is 1.27 bits per heavy atom. The molecule has 0 bridgehead atoms. The second-order valence-corrected chi connectivity index (χ2v) is 5.55. The molecule has 1 saturated carbocycles. The summed E-state index contributed by atoms with van der Waals surface area (Å²) >= 11 is 0. The third kappa shape index (κ3) is 5.26. The normalized spacial score (nSPS) is 21.6. The van der Waals surface area contributed by atoms with Crippen LogP contribution in [0.5, 0.6) is 5.75 Å². The Morgan fingerprint density at radius 2 is 1.95 bits per heavy atom. The number of carbonyl (C=O) groups is 1. The van der Waals surface area contributed by atoms with Gasteiger partial charge in [0.05, 0.1) is 12.1 Å². The third-order valence-electron chi connectivity index (χ3n) is 3.87. The minimum absolute atomic E-state index is 0.0983. The number of aliphatic hydroxyl groups excluding tert-OH is 1. The molecule has 2 unspecified atom stereocenters. The van der Waals surface area contributed by atoms with Crippen molar-refractivity contribution in [1.29, 1.82) is 0 Å². The van der Waals surface area contributed by atoms with Crippen molar-refractivity contribution < 1.29 is 23.4 Å². The summed E-state index contributed by atoms with van der Waals surface area (Å²) in [6, 6.07) is 6.11. The van der Waals surface area contributed by atoms with Gasteiger partial charge in [0.25, 0.3) is 0 Å². The Balaban J connectivity index is 1.76. The number of nitrogens with one attached hydrogen (secondary N) is 1. The highest BCUT2D eigenvalue weighted by molar-refractivity contribution is 5.76. The molecule has 2 N–H and O–H groups in total. The SMILES string of the molecule is O=C(CCc1ccc(OC(F)F)cc1)NC1CCCCC1O. The maximum absolute atomic E-state index is 12.0. The summed E-state index contributed by atoms with van der Waals surface area (Å²) in [5, 5.41) is 12.7. The molecule has 1 amide bonds. The second kappa shape index (κ2) is 8.08. The lowest BCUT2D eigenvalue weighted by Gasteiger charge is -2.28.